The standard InChI is InChI=1S/C25H20O/c1-2-18-15-21-12-11-19-9-6-10-20-13-14-22(24(21)23(19)20)25(18)26-16-17-7-4-3-5-8-17/h3-15H,2,16H2,1H3. The molecular formula is C25H20O. The van der Waals surface area contributed by atoms with Crippen LogP contribution in [0, 0.1) is 0 Å². The molecule has 0 saturated heterocycles. The molecule has 0 aromatic heterocycles. The van der Waals surface area contributed by atoms with E-state index in [0.717, 1.165) is 12.2 Å². The molecule has 1 heteroatoms. The average Bonchev–Trinajstić information content (AvgIpc) is 2.71. The summed E-state index contributed by atoms with van der Waals surface area (Å²) in [5.41, 5.74) is 2.46. The molecule has 0 fully saturated rings. The van der Waals surface area contributed by atoms with E-state index in [2.05, 4.69) is 79.7 Å². The van der Waals surface area contributed by atoms with Gasteiger partial charge in [-0.05, 0) is 51.2 Å². The molecule has 1 nitrogen and oxygen atoms in total. The van der Waals surface area contributed by atoms with Crippen molar-refractivity contribution in [2.45, 2.75) is 20.0 Å². The minimum Gasteiger partial charge on any atom is -0.488 e. The third-order valence-electron chi connectivity index (χ3n) is 5.28. The number of ether oxygens (including phenoxy) is 1. The molecule has 5 aromatic rings. The molecule has 0 amide bonds. The molecule has 5 rings (SSSR count). The Hall–Kier alpha value is -3.06. The molecule has 0 atom stereocenters. The van der Waals surface area contributed by atoms with Gasteiger partial charge in [0.05, 0.1) is 0 Å². The number of hydrogen-bond donors (Lipinski definition) is 0. The second kappa shape index (κ2) is 6.03. The summed E-state index contributed by atoms with van der Waals surface area (Å²) < 4.78 is 6.37. The van der Waals surface area contributed by atoms with E-state index in [-0.39, 0.29) is 0 Å². The number of hydrogen-bond acceptors (Lipinski definition) is 1. The van der Waals surface area contributed by atoms with Gasteiger partial charge in [-0.1, -0.05) is 73.7 Å². The van der Waals surface area contributed by atoms with Crippen LogP contribution in [0.2, 0.25) is 0 Å². The van der Waals surface area contributed by atoms with Gasteiger partial charge in [0.1, 0.15) is 12.4 Å². The maximum Gasteiger partial charge on any atom is 0.130 e. The molecular weight excluding hydrogens is 316 g/mol. The highest BCUT2D eigenvalue weighted by Gasteiger charge is 2.15. The third-order valence-corrected chi connectivity index (χ3v) is 5.28. The van der Waals surface area contributed by atoms with E-state index >= 15 is 0 Å². The molecule has 0 unspecified atom stereocenters. The molecule has 0 saturated carbocycles. The van der Waals surface area contributed by atoms with Crippen LogP contribution in [0.25, 0.3) is 32.3 Å². The quantitative estimate of drug-likeness (QED) is 0.331. The fraction of sp³-hybridized carbons (Fsp3) is 0.120. The Bertz CT molecular complexity index is 1190. The first-order valence-electron chi connectivity index (χ1n) is 9.21. The van der Waals surface area contributed by atoms with Crippen LogP contribution in [0.1, 0.15) is 18.1 Å². The van der Waals surface area contributed by atoms with Gasteiger partial charge in [-0.25, -0.2) is 0 Å². The van der Waals surface area contributed by atoms with Crippen LogP contribution in [0.15, 0.2) is 78.9 Å². The van der Waals surface area contributed by atoms with Gasteiger partial charge in [0, 0.05) is 10.8 Å². The molecule has 126 valence electrons. The summed E-state index contributed by atoms with van der Waals surface area (Å²) >= 11 is 0. The second-order valence-corrected chi connectivity index (χ2v) is 6.85. The SMILES string of the molecule is CCc1cc2ccc3cccc4ccc(c1OCc1ccccc1)c2c34. The zero-order chi connectivity index (χ0) is 17.5. The summed E-state index contributed by atoms with van der Waals surface area (Å²) in [5.74, 6) is 1.03. The molecule has 0 heterocycles. The first-order valence-corrected chi connectivity index (χ1v) is 9.21. The van der Waals surface area contributed by atoms with Gasteiger partial charge in [0.2, 0.25) is 0 Å². The van der Waals surface area contributed by atoms with Crippen LogP contribution >= 0.6 is 0 Å². The smallest absolute Gasteiger partial charge is 0.130 e. The van der Waals surface area contributed by atoms with Crippen molar-refractivity contribution in [2.24, 2.45) is 0 Å². The summed E-state index contributed by atoms with van der Waals surface area (Å²) in [5, 5.41) is 7.76. The highest BCUT2D eigenvalue weighted by atomic mass is 16.5. The van der Waals surface area contributed by atoms with Crippen molar-refractivity contribution in [3.05, 3.63) is 90.0 Å². The Morgan fingerprint density at radius 3 is 2.19 bits per heavy atom. The van der Waals surface area contributed by atoms with Crippen LogP contribution in [0.5, 0.6) is 5.75 Å². The lowest BCUT2D eigenvalue weighted by molar-refractivity contribution is 0.307. The Labute approximate surface area is 153 Å². The minimum absolute atomic E-state index is 0.595. The fourth-order valence-electron chi connectivity index (χ4n) is 4.01. The predicted octanol–water partition coefficient (Wildman–Crippen LogP) is 6.73. The molecule has 0 radical (unpaired) electrons. The van der Waals surface area contributed by atoms with Gasteiger partial charge in [-0.3, -0.25) is 0 Å². The Morgan fingerprint density at radius 1 is 0.692 bits per heavy atom. The van der Waals surface area contributed by atoms with E-state index in [1.54, 1.807) is 0 Å². The minimum atomic E-state index is 0.595. The van der Waals surface area contributed by atoms with Crippen molar-refractivity contribution in [1.29, 1.82) is 0 Å². The summed E-state index contributed by atoms with van der Waals surface area (Å²) in [7, 11) is 0. The van der Waals surface area contributed by atoms with Crippen LogP contribution in [-0.4, -0.2) is 0 Å². The number of rotatable bonds is 4. The third kappa shape index (κ3) is 2.32. The molecule has 5 aromatic carbocycles. The first-order chi connectivity index (χ1) is 12.8. The van der Waals surface area contributed by atoms with Gasteiger partial charge >= 0.3 is 0 Å². The summed E-state index contributed by atoms with van der Waals surface area (Å²) in [4.78, 5) is 0. The lowest BCUT2D eigenvalue weighted by Crippen LogP contribution is -2.00. The largest absolute Gasteiger partial charge is 0.488 e. The number of aryl methyl sites for hydroxylation is 1. The van der Waals surface area contributed by atoms with Gasteiger partial charge in [0.15, 0.2) is 0 Å². The first kappa shape index (κ1) is 15.2. The van der Waals surface area contributed by atoms with E-state index < -0.39 is 0 Å². The molecule has 0 aliphatic heterocycles. The van der Waals surface area contributed by atoms with Gasteiger partial charge in [0.25, 0.3) is 0 Å². The Morgan fingerprint density at radius 2 is 1.42 bits per heavy atom. The zero-order valence-corrected chi connectivity index (χ0v) is 14.8. The molecule has 0 bridgehead atoms. The Kier molecular flexibility index (Phi) is 3.53. The highest BCUT2D eigenvalue weighted by Crippen LogP contribution is 2.41. The fourth-order valence-corrected chi connectivity index (χ4v) is 4.01. The van der Waals surface area contributed by atoms with Crippen molar-refractivity contribution >= 4 is 32.3 Å². The molecule has 0 aliphatic carbocycles. The summed E-state index contributed by atoms with van der Waals surface area (Å²) in [6.07, 6.45) is 0.959. The van der Waals surface area contributed by atoms with E-state index in [9.17, 15) is 0 Å². The molecule has 0 aliphatic rings. The van der Waals surface area contributed by atoms with Crippen LogP contribution in [0.4, 0.5) is 0 Å². The van der Waals surface area contributed by atoms with Crippen LogP contribution < -0.4 is 4.74 Å². The van der Waals surface area contributed by atoms with E-state index in [4.69, 9.17) is 4.74 Å². The second-order valence-electron chi connectivity index (χ2n) is 6.85. The van der Waals surface area contributed by atoms with E-state index in [0.29, 0.717) is 6.61 Å². The topological polar surface area (TPSA) is 9.23 Å². The van der Waals surface area contributed by atoms with Crippen molar-refractivity contribution in [3.8, 4) is 5.75 Å². The van der Waals surface area contributed by atoms with Crippen molar-refractivity contribution in [3.63, 3.8) is 0 Å². The summed E-state index contributed by atoms with van der Waals surface area (Å²) in [6, 6.07) is 28.1. The average molecular weight is 336 g/mol. The predicted molar refractivity (Wildman–Crippen MR) is 110 cm³/mol. The van der Waals surface area contributed by atoms with E-state index in [1.807, 2.05) is 6.07 Å². The monoisotopic (exact) mass is 336 g/mol. The van der Waals surface area contributed by atoms with Gasteiger partial charge < -0.3 is 4.74 Å². The Balaban J connectivity index is 1.75. The summed E-state index contributed by atoms with van der Waals surface area (Å²) in [6.45, 7) is 2.79. The highest BCUT2D eigenvalue weighted by molar-refractivity contribution is 6.24. The van der Waals surface area contributed by atoms with Crippen LogP contribution in [0.3, 0.4) is 0 Å². The normalized spacial score (nSPS) is 11.6. The number of benzene rings is 5. The maximum absolute atomic E-state index is 6.37. The van der Waals surface area contributed by atoms with Crippen molar-refractivity contribution in [1.82, 2.24) is 0 Å². The zero-order valence-electron chi connectivity index (χ0n) is 14.8. The lowest BCUT2D eigenvalue weighted by atomic mass is 9.91. The maximum atomic E-state index is 6.37. The van der Waals surface area contributed by atoms with Crippen molar-refractivity contribution < 1.29 is 4.74 Å². The van der Waals surface area contributed by atoms with Crippen LogP contribution in [-0.2, 0) is 13.0 Å². The molecule has 0 N–H and O–H groups in total. The van der Waals surface area contributed by atoms with Gasteiger partial charge in [-0.2, -0.15) is 0 Å². The lowest BCUT2D eigenvalue weighted by Gasteiger charge is -2.18. The van der Waals surface area contributed by atoms with Crippen molar-refractivity contribution in [2.75, 3.05) is 0 Å². The molecule has 0 spiro atoms. The van der Waals surface area contributed by atoms with Gasteiger partial charge in [-0.15, -0.1) is 0 Å². The molecule has 26 heavy (non-hydrogen) atoms. The van der Waals surface area contributed by atoms with E-state index in [1.165, 1.54) is 43.4 Å².